The van der Waals surface area contributed by atoms with Gasteiger partial charge in [0.1, 0.15) is 16.9 Å². The van der Waals surface area contributed by atoms with Crippen molar-refractivity contribution in [3.8, 4) is 0 Å². The number of hydrogen-bond donors (Lipinski definition) is 2. The molecule has 2 bridgehead atoms. The van der Waals surface area contributed by atoms with Crippen LogP contribution in [0.2, 0.25) is 0 Å². The van der Waals surface area contributed by atoms with Crippen molar-refractivity contribution in [3.63, 3.8) is 0 Å². The number of urea groups is 1. The molecule has 0 aliphatic carbocycles. The second kappa shape index (κ2) is 9.72. The van der Waals surface area contributed by atoms with Crippen LogP contribution >= 0.6 is 0 Å². The maximum absolute atomic E-state index is 12.3. The number of ether oxygens (including phenoxy) is 2. The van der Waals surface area contributed by atoms with Crippen LogP contribution in [0.3, 0.4) is 0 Å². The fourth-order valence-corrected chi connectivity index (χ4v) is 3.80. The zero-order valence-electron chi connectivity index (χ0n) is 21.2. The first-order chi connectivity index (χ1) is 16.1. The maximum atomic E-state index is 12.3. The fourth-order valence-electron chi connectivity index (χ4n) is 3.80. The lowest BCUT2D eigenvalue weighted by Crippen LogP contribution is -2.44. The van der Waals surface area contributed by atoms with Gasteiger partial charge in [0.05, 0.1) is 18.6 Å². The summed E-state index contributed by atoms with van der Waals surface area (Å²) in [7, 11) is 1.60. The highest BCUT2D eigenvalue weighted by atomic mass is 16.6. The lowest BCUT2D eigenvalue weighted by molar-refractivity contribution is -0.0584. The summed E-state index contributed by atoms with van der Waals surface area (Å²) in [5, 5.41) is 17.3. The number of piperidine rings is 1. The summed E-state index contributed by atoms with van der Waals surface area (Å²) >= 11 is 0. The molecule has 3 heterocycles. The number of aliphatic imine (C=N–C) groups is 1. The van der Waals surface area contributed by atoms with E-state index in [0.717, 1.165) is 5.06 Å². The third kappa shape index (κ3) is 6.84. The van der Waals surface area contributed by atoms with Crippen molar-refractivity contribution in [1.82, 2.24) is 25.3 Å². The summed E-state index contributed by atoms with van der Waals surface area (Å²) in [6.45, 7) is 10.8. The average molecular weight is 495 g/mol. The minimum Gasteiger partial charge on any atom is -0.444 e. The molecule has 2 saturated heterocycles. The number of rotatable bonds is 3. The predicted molar refractivity (Wildman–Crippen MR) is 122 cm³/mol. The van der Waals surface area contributed by atoms with Crippen molar-refractivity contribution in [2.75, 3.05) is 13.6 Å². The Balaban J connectivity index is 1.74. The maximum Gasteiger partial charge on any atom is 0.437 e. The van der Waals surface area contributed by atoms with Gasteiger partial charge in [-0.1, -0.05) is 5.16 Å². The Morgan fingerprint density at radius 1 is 1.23 bits per heavy atom. The van der Waals surface area contributed by atoms with E-state index in [-0.39, 0.29) is 24.6 Å². The molecular formula is C22H34N6O7. The molecule has 0 aromatic carbocycles. The summed E-state index contributed by atoms with van der Waals surface area (Å²) in [6, 6.07) is 0.732. The lowest BCUT2D eigenvalue weighted by atomic mass is 9.98. The van der Waals surface area contributed by atoms with Crippen LogP contribution in [0.15, 0.2) is 15.6 Å². The van der Waals surface area contributed by atoms with Crippen LogP contribution in [0.4, 0.5) is 14.4 Å². The zero-order chi connectivity index (χ0) is 26.1. The highest BCUT2D eigenvalue weighted by Gasteiger charge is 2.45. The van der Waals surface area contributed by atoms with Crippen molar-refractivity contribution < 1.29 is 33.6 Å². The van der Waals surface area contributed by atoms with Crippen molar-refractivity contribution >= 4 is 24.2 Å². The number of carbonyl (C=O) groups is 3. The molecule has 13 nitrogen and oxygen atoms in total. The lowest BCUT2D eigenvalue weighted by Gasteiger charge is -2.28. The number of aromatic nitrogens is 1. The molecular weight excluding hydrogens is 460 g/mol. The van der Waals surface area contributed by atoms with Gasteiger partial charge in [-0.25, -0.2) is 19.4 Å². The van der Waals surface area contributed by atoms with Crippen LogP contribution in [-0.4, -0.2) is 80.2 Å². The predicted octanol–water partition coefficient (Wildman–Crippen LogP) is 3.25. The number of fused-ring (bicyclic) bond motifs is 2. The largest absolute Gasteiger partial charge is 0.444 e. The van der Waals surface area contributed by atoms with Crippen LogP contribution in [0.1, 0.15) is 71.9 Å². The first-order valence-electron chi connectivity index (χ1n) is 11.4. The zero-order valence-corrected chi connectivity index (χ0v) is 21.2. The van der Waals surface area contributed by atoms with Gasteiger partial charge < -0.3 is 23.8 Å². The smallest absolute Gasteiger partial charge is 0.437 e. The number of hydrogen-bond acceptors (Lipinski definition) is 8. The second-order valence-electron chi connectivity index (χ2n) is 10.6. The monoisotopic (exact) mass is 494 g/mol. The van der Waals surface area contributed by atoms with E-state index in [9.17, 15) is 19.6 Å². The van der Waals surface area contributed by atoms with Gasteiger partial charge in [0.15, 0.2) is 5.76 Å². The van der Waals surface area contributed by atoms with Gasteiger partial charge in [0.25, 0.3) is 0 Å². The minimum atomic E-state index is -0.883. The Hall–Kier alpha value is -3.35. The van der Waals surface area contributed by atoms with Gasteiger partial charge in [0, 0.05) is 19.7 Å². The first kappa shape index (κ1) is 26.3. The standard InChI is InChI=1S/C22H34N6O7/c1-21(2,3)33-18(29)23-17(24-19(30)34-22(4,5)6)26(7)12-14-10-15(25-35-14)16-9-8-13-11-27(16)20(31)28(13)32/h10,13,16,32H,8-9,11-12H2,1-7H3,(H,23,24,29,30)/t13-,16-/m0/s1. The topological polar surface area (TPSA) is 150 Å². The number of nitrogens with one attached hydrogen (secondary N) is 1. The molecule has 13 heteroatoms. The van der Waals surface area contributed by atoms with E-state index >= 15 is 0 Å². The van der Waals surface area contributed by atoms with Crippen molar-refractivity contribution in [1.29, 1.82) is 0 Å². The quantitative estimate of drug-likeness (QED) is 0.367. The number of nitrogens with zero attached hydrogens (tertiary/aromatic N) is 5. The molecule has 1 aromatic rings. The normalized spacial score (nSPS) is 20.7. The van der Waals surface area contributed by atoms with E-state index < -0.39 is 29.4 Å². The van der Waals surface area contributed by atoms with E-state index in [4.69, 9.17) is 14.0 Å². The molecule has 2 fully saturated rings. The van der Waals surface area contributed by atoms with Gasteiger partial charge in [0.2, 0.25) is 5.96 Å². The number of carbonyl (C=O) groups excluding carboxylic acids is 3. The Morgan fingerprint density at radius 3 is 2.51 bits per heavy atom. The van der Waals surface area contributed by atoms with E-state index in [1.54, 1.807) is 59.6 Å². The summed E-state index contributed by atoms with van der Waals surface area (Å²) in [5.41, 5.74) is -0.969. The highest BCUT2D eigenvalue weighted by molar-refractivity contribution is 5.98. The number of amides is 4. The van der Waals surface area contributed by atoms with Crippen LogP contribution in [-0.2, 0) is 16.0 Å². The molecule has 194 valence electrons. The second-order valence-corrected chi connectivity index (χ2v) is 10.6. The SMILES string of the molecule is CN(Cc1cc([C@@H]2CC[C@H]3CN2C(=O)N3O)no1)/C(=N/C(=O)OC(C)(C)C)NC(=O)OC(C)(C)C. The molecule has 2 atom stereocenters. The molecule has 0 spiro atoms. The minimum absolute atomic E-state index is 0.0971. The Morgan fingerprint density at radius 2 is 1.89 bits per heavy atom. The van der Waals surface area contributed by atoms with E-state index in [0.29, 0.717) is 30.8 Å². The summed E-state index contributed by atoms with van der Waals surface area (Å²) in [4.78, 5) is 43.9. The molecule has 3 rings (SSSR count). The van der Waals surface area contributed by atoms with Gasteiger partial charge in [-0.15, -0.1) is 4.99 Å². The van der Waals surface area contributed by atoms with Crippen LogP contribution in [0, 0.1) is 0 Å². The summed E-state index contributed by atoms with van der Waals surface area (Å²) in [6.07, 6.45) is -0.381. The average Bonchev–Trinajstić information content (AvgIpc) is 3.24. The third-order valence-electron chi connectivity index (χ3n) is 5.22. The molecule has 0 radical (unpaired) electrons. The molecule has 2 aliphatic heterocycles. The molecule has 4 amide bonds. The van der Waals surface area contributed by atoms with Crippen molar-refractivity contribution in [2.45, 2.75) is 84.2 Å². The number of alkyl carbamates (subject to hydrolysis) is 1. The van der Waals surface area contributed by atoms with Crippen LogP contribution < -0.4 is 5.32 Å². The van der Waals surface area contributed by atoms with Crippen LogP contribution in [0.25, 0.3) is 0 Å². The van der Waals surface area contributed by atoms with Gasteiger partial charge in [-0.3, -0.25) is 10.5 Å². The molecule has 0 saturated carbocycles. The fraction of sp³-hybridized carbons (Fsp3) is 0.682. The van der Waals surface area contributed by atoms with E-state index in [1.165, 1.54) is 4.90 Å². The highest BCUT2D eigenvalue weighted by Crippen LogP contribution is 2.37. The van der Waals surface area contributed by atoms with Gasteiger partial charge in [-0.05, 0) is 54.4 Å². The van der Waals surface area contributed by atoms with Crippen molar-refractivity contribution in [3.05, 3.63) is 17.5 Å². The summed E-state index contributed by atoms with van der Waals surface area (Å²) < 4.78 is 16.0. The Labute approximate surface area is 204 Å². The van der Waals surface area contributed by atoms with Crippen molar-refractivity contribution in [2.24, 2.45) is 4.99 Å². The third-order valence-corrected chi connectivity index (χ3v) is 5.22. The van der Waals surface area contributed by atoms with Gasteiger partial charge in [-0.2, -0.15) is 0 Å². The van der Waals surface area contributed by atoms with E-state index in [2.05, 4.69) is 15.5 Å². The first-order valence-corrected chi connectivity index (χ1v) is 11.4. The number of guanidine groups is 1. The van der Waals surface area contributed by atoms with Gasteiger partial charge >= 0.3 is 18.2 Å². The Kier molecular flexibility index (Phi) is 7.29. The number of hydroxylamine groups is 2. The molecule has 0 unspecified atom stereocenters. The Bertz CT molecular complexity index is 993. The summed E-state index contributed by atoms with van der Waals surface area (Å²) in [5.74, 6) is 0.317. The molecule has 2 N–H and O–H groups in total. The molecule has 35 heavy (non-hydrogen) atoms. The molecule has 1 aromatic heterocycles. The van der Waals surface area contributed by atoms with Crippen LogP contribution in [0.5, 0.6) is 0 Å². The molecule has 2 aliphatic rings. The van der Waals surface area contributed by atoms with E-state index in [1.807, 2.05) is 0 Å².